The predicted molar refractivity (Wildman–Crippen MR) is 105 cm³/mol. The number of methoxy groups -OCH3 is 1. The number of ether oxygens (including phenoxy) is 1. The molecule has 5 heteroatoms. The van der Waals surface area contributed by atoms with Crippen molar-refractivity contribution >= 4 is 20.8 Å². The average molecular weight is 369 g/mol. The van der Waals surface area contributed by atoms with Gasteiger partial charge in [-0.3, -0.25) is 0 Å². The lowest BCUT2D eigenvalue weighted by atomic mass is 10.0. The average Bonchev–Trinajstić information content (AvgIpc) is 2.60. The number of aryl methyl sites for hydroxylation is 2. The van der Waals surface area contributed by atoms with Crippen LogP contribution < -0.4 is 9.46 Å². The Morgan fingerprint density at radius 3 is 2.31 bits per heavy atom. The van der Waals surface area contributed by atoms with Gasteiger partial charge in [-0.05, 0) is 66.9 Å². The van der Waals surface area contributed by atoms with Crippen LogP contribution in [0.1, 0.15) is 29.7 Å². The highest BCUT2D eigenvalue weighted by molar-refractivity contribution is 7.89. The molecule has 0 saturated heterocycles. The predicted octanol–water partition coefficient (Wildman–Crippen LogP) is 4.50. The second kappa shape index (κ2) is 7.09. The van der Waals surface area contributed by atoms with Crippen LogP contribution in [0.4, 0.5) is 0 Å². The van der Waals surface area contributed by atoms with Crippen molar-refractivity contribution < 1.29 is 13.2 Å². The molecule has 1 atom stereocenters. The van der Waals surface area contributed by atoms with E-state index < -0.39 is 10.0 Å². The van der Waals surface area contributed by atoms with Crippen molar-refractivity contribution in [2.75, 3.05) is 7.11 Å². The van der Waals surface area contributed by atoms with E-state index in [0.717, 1.165) is 33.2 Å². The summed E-state index contributed by atoms with van der Waals surface area (Å²) < 4.78 is 33.6. The van der Waals surface area contributed by atoms with Crippen molar-refractivity contribution in [2.24, 2.45) is 0 Å². The van der Waals surface area contributed by atoms with Crippen LogP contribution in [-0.4, -0.2) is 15.5 Å². The van der Waals surface area contributed by atoms with E-state index >= 15 is 0 Å². The minimum Gasteiger partial charge on any atom is -0.497 e. The Bertz CT molecular complexity index is 1060. The summed E-state index contributed by atoms with van der Waals surface area (Å²) in [5.41, 5.74) is 3.21. The van der Waals surface area contributed by atoms with Gasteiger partial charge in [0.15, 0.2) is 0 Å². The van der Waals surface area contributed by atoms with Gasteiger partial charge in [0.2, 0.25) is 10.0 Å². The Kier molecular flexibility index (Phi) is 5.03. The molecule has 4 nitrogen and oxygen atoms in total. The van der Waals surface area contributed by atoms with Crippen molar-refractivity contribution in [3.05, 3.63) is 71.3 Å². The topological polar surface area (TPSA) is 55.4 Å². The van der Waals surface area contributed by atoms with Crippen LogP contribution >= 0.6 is 0 Å². The van der Waals surface area contributed by atoms with Gasteiger partial charge in [0.05, 0.1) is 12.0 Å². The van der Waals surface area contributed by atoms with Gasteiger partial charge in [0, 0.05) is 6.04 Å². The van der Waals surface area contributed by atoms with E-state index in [4.69, 9.17) is 4.74 Å². The quantitative estimate of drug-likeness (QED) is 0.720. The van der Waals surface area contributed by atoms with E-state index in [2.05, 4.69) is 10.8 Å². The first-order valence-corrected chi connectivity index (χ1v) is 9.96. The molecule has 0 fully saturated rings. The fourth-order valence-corrected chi connectivity index (χ4v) is 4.43. The fourth-order valence-electron chi connectivity index (χ4n) is 3.17. The Balaban J connectivity index is 1.91. The molecule has 0 aliphatic carbocycles. The molecule has 0 aromatic heterocycles. The largest absolute Gasteiger partial charge is 0.497 e. The molecule has 3 rings (SSSR count). The fraction of sp³-hybridized carbons (Fsp3) is 0.238. The molecule has 0 heterocycles. The lowest BCUT2D eigenvalue weighted by molar-refractivity contribution is 0.415. The zero-order chi connectivity index (χ0) is 18.9. The summed E-state index contributed by atoms with van der Waals surface area (Å²) in [6.07, 6.45) is 0. The highest BCUT2D eigenvalue weighted by atomic mass is 32.2. The molecule has 0 aliphatic heterocycles. The minimum absolute atomic E-state index is 0.256. The first kappa shape index (κ1) is 18.4. The molecule has 0 unspecified atom stereocenters. The van der Waals surface area contributed by atoms with E-state index in [1.165, 1.54) is 0 Å². The molecular formula is C21H23NO3S. The highest BCUT2D eigenvalue weighted by Crippen LogP contribution is 2.25. The minimum atomic E-state index is -3.62. The summed E-state index contributed by atoms with van der Waals surface area (Å²) in [5.74, 6) is 0.745. The third kappa shape index (κ3) is 3.74. The van der Waals surface area contributed by atoms with Crippen LogP contribution in [0, 0.1) is 13.8 Å². The van der Waals surface area contributed by atoms with Gasteiger partial charge in [-0.25, -0.2) is 13.1 Å². The normalized spacial score (nSPS) is 12.9. The highest BCUT2D eigenvalue weighted by Gasteiger charge is 2.19. The summed E-state index contributed by atoms with van der Waals surface area (Å²) in [4.78, 5) is 0.256. The molecule has 26 heavy (non-hydrogen) atoms. The lowest BCUT2D eigenvalue weighted by Gasteiger charge is -2.17. The lowest BCUT2D eigenvalue weighted by Crippen LogP contribution is -2.27. The Labute approximate surface area is 154 Å². The summed E-state index contributed by atoms with van der Waals surface area (Å²) in [5, 5.41) is 1.79. The van der Waals surface area contributed by atoms with E-state index in [9.17, 15) is 8.42 Å². The van der Waals surface area contributed by atoms with Crippen LogP contribution in [0.25, 0.3) is 10.8 Å². The number of hydrogen-bond donors (Lipinski definition) is 1. The van der Waals surface area contributed by atoms with Gasteiger partial charge in [-0.15, -0.1) is 0 Å². The summed E-state index contributed by atoms with van der Waals surface area (Å²) >= 11 is 0. The molecule has 0 aliphatic rings. The second-order valence-corrected chi connectivity index (χ2v) is 8.29. The molecule has 3 aromatic rings. The number of hydrogen-bond acceptors (Lipinski definition) is 3. The van der Waals surface area contributed by atoms with Gasteiger partial charge in [-0.2, -0.15) is 0 Å². The van der Waals surface area contributed by atoms with Gasteiger partial charge in [0.1, 0.15) is 5.75 Å². The molecule has 3 aromatic carbocycles. The molecular weight excluding hydrogens is 346 g/mol. The first-order valence-electron chi connectivity index (χ1n) is 8.47. The molecule has 0 amide bonds. The molecule has 0 radical (unpaired) electrons. The van der Waals surface area contributed by atoms with Gasteiger partial charge < -0.3 is 4.74 Å². The maximum Gasteiger partial charge on any atom is 0.241 e. The molecule has 0 spiro atoms. The Morgan fingerprint density at radius 1 is 0.923 bits per heavy atom. The van der Waals surface area contributed by atoms with Gasteiger partial charge >= 0.3 is 0 Å². The second-order valence-electron chi connectivity index (χ2n) is 6.58. The number of benzene rings is 3. The van der Waals surface area contributed by atoms with Crippen LogP contribution in [0.2, 0.25) is 0 Å². The van der Waals surface area contributed by atoms with Crippen LogP contribution in [0.5, 0.6) is 5.75 Å². The first-order chi connectivity index (χ1) is 12.3. The van der Waals surface area contributed by atoms with Crippen molar-refractivity contribution in [1.29, 1.82) is 0 Å². The molecule has 0 saturated carbocycles. The number of sulfonamides is 1. The van der Waals surface area contributed by atoms with Crippen LogP contribution in [0.15, 0.2) is 59.5 Å². The number of nitrogens with one attached hydrogen (secondary N) is 1. The smallest absolute Gasteiger partial charge is 0.241 e. The van der Waals surface area contributed by atoms with Crippen LogP contribution in [-0.2, 0) is 10.0 Å². The van der Waals surface area contributed by atoms with Crippen molar-refractivity contribution in [3.8, 4) is 5.75 Å². The standard InChI is InChI=1S/C21H23NO3S/c1-14-5-10-21(15(2)11-14)16(3)22-26(23,24)20-9-7-17-12-19(25-4)8-6-18(17)13-20/h5-13,16,22H,1-4H3/t16-/m1/s1. The Morgan fingerprint density at radius 2 is 1.62 bits per heavy atom. The van der Waals surface area contributed by atoms with E-state index in [1.807, 2.05) is 51.1 Å². The maximum atomic E-state index is 12.8. The SMILES string of the molecule is COc1ccc2cc(S(=O)(=O)N[C@H](C)c3ccc(C)cc3C)ccc2c1. The zero-order valence-corrected chi connectivity index (χ0v) is 16.2. The van der Waals surface area contributed by atoms with Crippen molar-refractivity contribution in [1.82, 2.24) is 4.72 Å². The van der Waals surface area contributed by atoms with E-state index in [0.29, 0.717) is 0 Å². The third-order valence-electron chi connectivity index (χ3n) is 4.55. The van der Waals surface area contributed by atoms with Gasteiger partial charge in [0.25, 0.3) is 0 Å². The van der Waals surface area contributed by atoms with Gasteiger partial charge in [-0.1, -0.05) is 35.9 Å². The van der Waals surface area contributed by atoms with Crippen LogP contribution in [0.3, 0.4) is 0 Å². The summed E-state index contributed by atoms with van der Waals surface area (Å²) in [6, 6.07) is 16.4. The van der Waals surface area contributed by atoms with Crippen molar-refractivity contribution in [3.63, 3.8) is 0 Å². The van der Waals surface area contributed by atoms with E-state index in [-0.39, 0.29) is 10.9 Å². The monoisotopic (exact) mass is 369 g/mol. The number of fused-ring (bicyclic) bond motifs is 1. The molecule has 1 N–H and O–H groups in total. The van der Waals surface area contributed by atoms with Crippen molar-refractivity contribution in [2.45, 2.75) is 31.7 Å². The maximum absolute atomic E-state index is 12.8. The zero-order valence-electron chi connectivity index (χ0n) is 15.4. The third-order valence-corrected chi connectivity index (χ3v) is 6.09. The molecule has 0 bridgehead atoms. The Hall–Kier alpha value is -2.37. The number of rotatable bonds is 5. The van der Waals surface area contributed by atoms with E-state index in [1.54, 1.807) is 25.3 Å². The summed E-state index contributed by atoms with van der Waals surface area (Å²) in [6.45, 7) is 5.88. The molecule has 136 valence electrons. The summed E-state index contributed by atoms with van der Waals surface area (Å²) in [7, 11) is -2.01.